The van der Waals surface area contributed by atoms with Gasteiger partial charge in [0.2, 0.25) is 0 Å². The van der Waals surface area contributed by atoms with Crippen LogP contribution in [0, 0.1) is 22.6 Å². The summed E-state index contributed by atoms with van der Waals surface area (Å²) < 4.78 is 13.3. The number of nitrogens with two attached hydrogens (primary N) is 1. The van der Waals surface area contributed by atoms with E-state index in [9.17, 15) is 4.39 Å². The van der Waals surface area contributed by atoms with Crippen LogP contribution in [0.25, 0.3) is 11.6 Å². The van der Waals surface area contributed by atoms with Gasteiger partial charge in [-0.2, -0.15) is 5.26 Å². The standard InChI is InChI=1S/C17H14FN5/c18-17-2-1-15(7-13(17)8-19)23-6-3-12-11-22-5-4-16(12)14(9-20)10-21/h1-7,9-11,20,23H,21H2/b6-3+,14-10+,20-9?. The van der Waals surface area contributed by atoms with Crippen molar-refractivity contribution in [2.75, 3.05) is 5.32 Å². The normalized spacial score (nSPS) is 11.2. The molecule has 1 heterocycles. The Morgan fingerprint density at radius 1 is 1.39 bits per heavy atom. The van der Waals surface area contributed by atoms with Crippen LogP contribution >= 0.6 is 0 Å². The van der Waals surface area contributed by atoms with Gasteiger partial charge in [-0.15, -0.1) is 0 Å². The van der Waals surface area contributed by atoms with Crippen molar-refractivity contribution < 1.29 is 4.39 Å². The maximum atomic E-state index is 13.3. The van der Waals surface area contributed by atoms with E-state index in [0.717, 1.165) is 11.1 Å². The van der Waals surface area contributed by atoms with Crippen molar-refractivity contribution in [3.05, 3.63) is 71.6 Å². The van der Waals surface area contributed by atoms with Crippen LogP contribution in [0.3, 0.4) is 0 Å². The lowest BCUT2D eigenvalue weighted by Crippen LogP contribution is -1.95. The summed E-state index contributed by atoms with van der Waals surface area (Å²) in [7, 11) is 0. The van der Waals surface area contributed by atoms with Gasteiger partial charge in [0.25, 0.3) is 0 Å². The summed E-state index contributed by atoms with van der Waals surface area (Å²) in [6, 6.07) is 7.74. The van der Waals surface area contributed by atoms with E-state index in [1.165, 1.54) is 30.6 Å². The van der Waals surface area contributed by atoms with E-state index in [-0.39, 0.29) is 5.56 Å². The van der Waals surface area contributed by atoms with Crippen molar-refractivity contribution in [2.45, 2.75) is 0 Å². The lowest BCUT2D eigenvalue weighted by molar-refractivity contribution is 0.624. The number of aromatic nitrogens is 1. The highest BCUT2D eigenvalue weighted by molar-refractivity contribution is 6.09. The van der Waals surface area contributed by atoms with Crippen LogP contribution in [-0.4, -0.2) is 11.2 Å². The Morgan fingerprint density at radius 3 is 2.91 bits per heavy atom. The number of nitriles is 1. The van der Waals surface area contributed by atoms with Crippen LogP contribution in [0.15, 0.2) is 49.1 Å². The first kappa shape index (κ1) is 15.9. The Kier molecular flexibility index (Phi) is 5.21. The van der Waals surface area contributed by atoms with Crippen LogP contribution in [0.2, 0.25) is 0 Å². The summed E-state index contributed by atoms with van der Waals surface area (Å²) in [5.41, 5.74) is 8.18. The average Bonchev–Trinajstić information content (AvgIpc) is 2.58. The molecule has 0 amide bonds. The van der Waals surface area contributed by atoms with Gasteiger partial charge >= 0.3 is 0 Å². The minimum absolute atomic E-state index is 0.0253. The summed E-state index contributed by atoms with van der Waals surface area (Å²) in [4.78, 5) is 4.05. The minimum atomic E-state index is -0.555. The van der Waals surface area contributed by atoms with Crippen molar-refractivity contribution in [3.63, 3.8) is 0 Å². The lowest BCUT2D eigenvalue weighted by Gasteiger charge is -2.06. The molecule has 5 nitrogen and oxygen atoms in total. The zero-order valence-electron chi connectivity index (χ0n) is 12.1. The van der Waals surface area contributed by atoms with Gasteiger partial charge in [0, 0.05) is 47.8 Å². The molecule has 0 unspecified atom stereocenters. The van der Waals surface area contributed by atoms with Crippen molar-refractivity contribution in [2.24, 2.45) is 5.73 Å². The van der Waals surface area contributed by atoms with Crippen LogP contribution < -0.4 is 11.1 Å². The number of anilines is 1. The highest BCUT2D eigenvalue weighted by Gasteiger charge is 2.04. The molecule has 0 aliphatic heterocycles. The summed E-state index contributed by atoms with van der Waals surface area (Å²) in [6.07, 6.45) is 9.18. The van der Waals surface area contributed by atoms with E-state index in [4.69, 9.17) is 16.4 Å². The molecule has 114 valence electrons. The predicted molar refractivity (Wildman–Crippen MR) is 89.0 cm³/mol. The molecule has 2 rings (SSSR count). The summed E-state index contributed by atoms with van der Waals surface area (Å²) in [6.45, 7) is 0. The molecule has 0 aliphatic carbocycles. The van der Waals surface area contributed by atoms with Crippen LogP contribution in [0.1, 0.15) is 16.7 Å². The Labute approximate surface area is 133 Å². The number of nitrogens with zero attached hydrogens (tertiary/aromatic N) is 2. The third kappa shape index (κ3) is 3.80. The average molecular weight is 307 g/mol. The number of hydrogen-bond acceptors (Lipinski definition) is 5. The van der Waals surface area contributed by atoms with Gasteiger partial charge in [0.15, 0.2) is 0 Å². The van der Waals surface area contributed by atoms with Crippen molar-refractivity contribution in [3.8, 4) is 6.07 Å². The number of allylic oxidation sites excluding steroid dienone is 1. The third-order valence-corrected chi connectivity index (χ3v) is 3.10. The zero-order chi connectivity index (χ0) is 16.7. The quantitative estimate of drug-likeness (QED) is 0.739. The number of rotatable bonds is 5. The Balaban J connectivity index is 2.22. The van der Waals surface area contributed by atoms with E-state index >= 15 is 0 Å². The second kappa shape index (κ2) is 7.52. The predicted octanol–water partition coefficient (Wildman–Crippen LogP) is 3.12. The fourth-order valence-corrected chi connectivity index (χ4v) is 1.95. The highest BCUT2D eigenvalue weighted by atomic mass is 19.1. The molecule has 0 saturated heterocycles. The number of benzene rings is 1. The molecule has 1 aromatic carbocycles. The lowest BCUT2D eigenvalue weighted by atomic mass is 10.0. The molecular formula is C17H14FN5. The molecule has 1 aromatic heterocycles. The van der Waals surface area contributed by atoms with E-state index in [1.54, 1.807) is 36.8 Å². The molecule has 6 heteroatoms. The van der Waals surface area contributed by atoms with Crippen LogP contribution in [0.4, 0.5) is 10.1 Å². The monoisotopic (exact) mass is 307 g/mol. The molecular weight excluding hydrogens is 293 g/mol. The van der Waals surface area contributed by atoms with Crippen molar-refractivity contribution in [1.82, 2.24) is 4.98 Å². The molecule has 0 fully saturated rings. The second-order valence-corrected chi connectivity index (χ2v) is 4.51. The van der Waals surface area contributed by atoms with Gasteiger partial charge in [0.05, 0.1) is 5.56 Å². The summed E-state index contributed by atoms with van der Waals surface area (Å²) in [5.74, 6) is -0.555. The molecule has 0 aliphatic rings. The van der Waals surface area contributed by atoms with Gasteiger partial charge in [-0.3, -0.25) is 4.98 Å². The van der Waals surface area contributed by atoms with Crippen LogP contribution in [0.5, 0.6) is 0 Å². The molecule has 4 N–H and O–H groups in total. The Hall–Kier alpha value is -3.46. The number of pyridine rings is 1. The summed E-state index contributed by atoms with van der Waals surface area (Å²) in [5, 5.41) is 19.1. The van der Waals surface area contributed by atoms with E-state index in [1.807, 2.05) is 0 Å². The Morgan fingerprint density at radius 2 is 2.22 bits per heavy atom. The van der Waals surface area contributed by atoms with Crippen molar-refractivity contribution in [1.29, 1.82) is 10.7 Å². The first-order valence-electron chi connectivity index (χ1n) is 6.69. The van der Waals surface area contributed by atoms with E-state index in [0.29, 0.717) is 11.3 Å². The second-order valence-electron chi connectivity index (χ2n) is 4.51. The molecule has 2 aromatic rings. The molecule has 23 heavy (non-hydrogen) atoms. The number of halogens is 1. The van der Waals surface area contributed by atoms with Gasteiger partial charge in [-0.05, 0) is 35.9 Å². The topological polar surface area (TPSA) is 98.6 Å². The number of nitrogens with one attached hydrogen (secondary N) is 2. The van der Waals surface area contributed by atoms with Gasteiger partial charge < -0.3 is 16.5 Å². The molecule has 0 bridgehead atoms. The maximum absolute atomic E-state index is 13.3. The SMILES string of the molecule is N#Cc1cc(N/C=C/c2cnccc2/C(C=N)=C/N)ccc1F. The maximum Gasteiger partial charge on any atom is 0.141 e. The summed E-state index contributed by atoms with van der Waals surface area (Å²) >= 11 is 0. The third-order valence-electron chi connectivity index (χ3n) is 3.10. The van der Waals surface area contributed by atoms with Gasteiger partial charge in [-0.1, -0.05) is 0 Å². The fraction of sp³-hybridized carbons (Fsp3) is 0. The number of hydrogen-bond donors (Lipinski definition) is 3. The highest BCUT2D eigenvalue weighted by Crippen LogP contribution is 2.18. The first-order valence-corrected chi connectivity index (χ1v) is 6.69. The zero-order valence-corrected chi connectivity index (χ0v) is 12.1. The molecule has 0 atom stereocenters. The van der Waals surface area contributed by atoms with Gasteiger partial charge in [0.1, 0.15) is 11.9 Å². The molecule has 0 spiro atoms. The first-order chi connectivity index (χ1) is 11.2. The van der Waals surface area contributed by atoms with Crippen LogP contribution in [-0.2, 0) is 0 Å². The molecule has 0 radical (unpaired) electrons. The largest absolute Gasteiger partial charge is 0.404 e. The fourth-order valence-electron chi connectivity index (χ4n) is 1.95. The molecule has 0 saturated carbocycles. The van der Waals surface area contributed by atoms with Crippen molar-refractivity contribution >= 4 is 23.6 Å². The Bertz CT molecular complexity index is 818. The van der Waals surface area contributed by atoms with Gasteiger partial charge in [-0.25, -0.2) is 4.39 Å². The van der Waals surface area contributed by atoms with E-state index < -0.39 is 5.82 Å². The van der Waals surface area contributed by atoms with E-state index in [2.05, 4.69) is 10.3 Å². The minimum Gasteiger partial charge on any atom is -0.404 e. The smallest absolute Gasteiger partial charge is 0.141 e.